The topological polar surface area (TPSA) is 63.2 Å². The van der Waals surface area contributed by atoms with Crippen LogP contribution < -0.4 is 5.32 Å². The molecular weight excluding hydrogens is 298 g/mol. The Morgan fingerprint density at radius 3 is 2.30 bits per heavy atom. The highest BCUT2D eigenvalue weighted by Crippen LogP contribution is 2.15. The summed E-state index contributed by atoms with van der Waals surface area (Å²) in [4.78, 5) is 11.8. The zero-order valence-electron chi connectivity index (χ0n) is 11.7. The number of amides is 1. The van der Waals surface area contributed by atoms with Gasteiger partial charge in [0, 0.05) is 22.8 Å². The van der Waals surface area contributed by atoms with Crippen LogP contribution in [0.4, 0.5) is 0 Å². The normalized spacial score (nSPS) is 11.6. The first-order valence-corrected chi connectivity index (χ1v) is 8.94. The lowest BCUT2D eigenvalue weighted by molar-refractivity contribution is 0.0953. The van der Waals surface area contributed by atoms with Crippen LogP contribution in [0.15, 0.2) is 29.2 Å². The van der Waals surface area contributed by atoms with Crippen LogP contribution in [-0.2, 0) is 9.05 Å². The summed E-state index contributed by atoms with van der Waals surface area (Å²) >= 11 is 0. The largest absolute Gasteiger partial charge is 0.352 e. The van der Waals surface area contributed by atoms with Crippen molar-refractivity contribution in [1.29, 1.82) is 0 Å². The van der Waals surface area contributed by atoms with Gasteiger partial charge < -0.3 is 5.32 Å². The average Bonchev–Trinajstić information content (AvgIpc) is 2.37. The van der Waals surface area contributed by atoms with Crippen LogP contribution in [0.25, 0.3) is 0 Å². The Kier molecular flexibility index (Phi) is 6.49. The van der Waals surface area contributed by atoms with Gasteiger partial charge in [-0.2, -0.15) is 0 Å². The summed E-state index contributed by atoms with van der Waals surface area (Å²) < 4.78 is 22.2. The van der Waals surface area contributed by atoms with Gasteiger partial charge >= 0.3 is 0 Å². The molecule has 0 saturated heterocycles. The molecule has 0 saturated carbocycles. The van der Waals surface area contributed by atoms with E-state index in [-0.39, 0.29) is 10.8 Å². The number of nitrogens with one attached hydrogen (secondary N) is 1. The van der Waals surface area contributed by atoms with Gasteiger partial charge in [0.1, 0.15) is 0 Å². The van der Waals surface area contributed by atoms with E-state index >= 15 is 0 Å². The maximum atomic E-state index is 11.8. The minimum Gasteiger partial charge on any atom is -0.352 e. The Hall–Kier alpha value is -1.07. The van der Waals surface area contributed by atoms with E-state index in [1.807, 2.05) is 0 Å². The van der Waals surface area contributed by atoms with Crippen LogP contribution in [0.1, 0.15) is 43.5 Å². The number of unbranched alkanes of at least 4 members (excludes halogenated alkanes) is 1. The fourth-order valence-corrected chi connectivity index (χ4v) is 2.52. The molecule has 4 nitrogen and oxygen atoms in total. The first-order valence-electron chi connectivity index (χ1n) is 6.63. The number of halogens is 1. The van der Waals surface area contributed by atoms with Crippen molar-refractivity contribution in [2.45, 2.75) is 38.0 Å². The van der Waals surface area contributed by atoms with E-state index in [1.54, 1.807) is 0 Å². The Labute approximate surface area is 124 Å². The van der Waals surface area contributed by atoms with Crippen molar-refractivity contribution in [2.24, 2.45) is 5.92 Å². The van der Waals surface area contributed by atoms with E-state index in [0.717, 1.165) is 19.3 Å². The third kappa shape index (κ3) is 5.92. The third-order valence-corrected chi connectivity index (χ3v) is 4.26. The molecule has 0 spiro atoms. The highest BCUT2D eigenvalue weighted by atomic mass is 35.7. The zero-order chi connectivity index (χ0) is 15.2. The van der Waals surface area contributed by atoms with Crippen molar-refractivity contribution >= 4 is 25.6 Å². The smallest absolute Gasteiger partial charge is 0.261 e. The van der Waals surface area contributed by atoms with Crippen LogP contribution in [0.3, 0.4) is 0 Å². The Morgan fingerprint density at radius 1 is 1.20 bits per heavy atom. The highest BCUT2D eigenvalue weighted by molar-refractivity contribution is 8.13. The van der Waals surface area contributed by atoms with Gasteiger partial charge in [0.25, 0.3) is 15.0 Å². The fourth-order valence-electron chi connectivity index (χ4n) is 1.75. The minimum atomic E-state index is -3.74. The summed E-state index contributed by atoms with van der Waals surface area (Å²) in [5.41, 5.74) is 0.429. The molecule has 1 aromatic rings. The molecule has 0 heterocycles. The monoisotopic (exact) mass is 317 g/mol. The van der Waals surface area contributed by atoms with E-state index < -0.39 is 9.05 Å². The first kappa shape index (κ1) is 17.0. The molecule has 1 amide bonds. The molecule has 0 bridgehead atoms. The summed E-state index contributed by atoms with van der Waals surface area (Å²) in [6, 6.07) is 5.57. The van der Waals surface area contributed by atoms with E-state index in [2.05, 4.69) is 19.2 Å². The zero-order valence-corrected chi connectivity index (χ0v) is 13.3. The Morgan fingerprint density at radius 2 is 1.80 bits per heavy atom. The number of carbonyl (C=O) groups excluding carboxylic acids is 1. The first-order chi connectivity index (χ1) is 9.30. The molecule has 0 unspecified atom stereocenters. The lowest BCUT2D eigenvalue weighted by Gasteiger charge is -2.07. The van der Waals surface area contributed by atoms with Crippen molar-refractivity contribution in [3.05, 3.63) is 29.8 Å². The molecule has 1 N–H and O–H groups in total. The van der Waals surface area contributed by atoms with Crippen molar-refractivity contribution in [1.82, 2.24) is 5.32 Å². The van der Waals surface area contributed by atoms with Crippen LogP contribution in [0.2, 0.25) is 0 Å². The van der Waals surface area contributed by atoms with Crippen LogP contribution in [0.5, 0.6) is 0 Å². The SMILES string of the molecule is CC(C)CCCCNC(=O)c1ccc(S(=O)(=O)Cl)cc1. The quantitative estimate of drug-likeness (QED) is 0.620. The number of hydrogen-bond donors (Lipinski definition) is 1. The maximum absolute atomic E-state index is 11.8. The molecule has 1 aromatic carbocycles. The molecule has 0 aliphatic carbocycles. The maximum Gasteiger partial charge on any atom is 0.261 e. The minimum absolute atomic E-state index is 0.00681. The molecular formula is C14H20ClNO3S. The van der Waals surface area contributed by atoms with Gasteiger partial charge in [0.05, 0.1) is 4.90 Å². The van der Waals surface area contributed by atoms with Crippen LogP contribution in [-0.4, -0.2) is 20.9 Å². The molecule has 0 fully saturated rings. The Balaban J connectivity index is 2.44. The molecule has 112 valence electrons. The predicted molar refractivity (Wildman–Crippen MR) is 80.5 cm³/mol. The summed E-state index contributed by atoms with van der Waals surface area (Å²) in [5.74, 6) is 0.476. The molecule has 0 aromatic heterocycles. The summed E-state index contributed by atoms with van der Waals surface area (Å²) in [6.45, 7) is 4.97. The second-order valence-electron chi connectivity index (χ2n) is 5.11. The third-order valence-electron chi connectivity index (χ3n) is 2.89. The lowest BCUT2D eigenvalue weighted by Crippen LogP contribution is -2.24. The van der Waals surface area contributed by atoms with Gasteiger partial charge in [-0.05, 0) is 36.6 Å². The van der Waals surface area contributed by atoms with Gasteiger partial charge in [0.2, 0.25) is 0 Å². The molecule has 0 aliphatic rings. The van der Waals surface area contributed by atoms with E-state index in [0.29, 0.717) is 18.0 Å². The Bertz CT molecular complexity index is 538. The molecule has 20 heavy (non-hydrogen) atoms. The molecule has 0 aliphatic heterocycles. The number of benzene rings is 1. The molecule has 0 radical (unpaired) electrons. The van der Waals surface area contributed by atoms with Gasteiger partial charge in [-0.25, -0.2) is 8.42 Å². The summed E-state index contributed by atoms with van der Waals surface area (Å²) in [6.07, 6.45) is 3.18. The van der Waals surface area contributed by atoms with Crippen molar-refractivity contribution in [2.75, 3.05) is 6.54 Å². The number of carbonyl (C=O) groups is 1. The molecule has 1 rings (SSSR count). The van der Waals surface area contributed by atoms with E-state index in [4.69, 9.17) is 10.7 Å². The van der Waals surface area contributed by atoms with Gasteiger partial charge in [-0.15, -0.1) is 0 Å². The summed E-state index contributed by atoms with van der Waals surface area (Å²) in [7, 11) is 1.47. The van der Waals surface area contributed by atoms with Crippen molar-refractivity contribution < 1.29 is 13.2 Å². The van der Waals surface area contributed by atoms with Gasteiger partial charge in [-0.3, -0.25) is 4.79 Å². The van der Waals surface area contributed by atoms with E-state index in [9.17, 15) is 13.2 Å². The van der Waals surface area contributed by atoms with Crippen LogP contribution >= 0.6 is 10.7 Å². The average molecular weight is 318 g/mol. The molecule has 6 heteroatoms. The summed E-state index contributed by atoms with van der Waals surface area (Å²) in [5, 5.41) is 2.81. The fraction of sp³-hybridized carbons (Fsp3) is 0.500. The van der Waals surface area contributed by atoms with Crippen molar-refractivity contribution in [3.8, 4) is 0 Å². The standard InChI is InChI=1S/C14H20ClNO3S/c1-11(2)5-3-4-10-16-14(17)12-6-8-13(9-7-12)20(15,18)19/h6-9,11H,3-5,10H2,1-2H3,(H,16,17). The second kappa shape index (κ2) is 7.64. The predicted octanol–water partition coefficient (Wildman–Crippen LogP) is 3.17. The second-order valence-corrected chi connectivity index (χ2v) is 7.67. The molecule has 0 atom stereocenters. The lowest BCUT2D eigenvalue weighted by atomic mass is 10.1. The van der Waals surface area contributed by atoms with E-state index in [1.165, 1.54) is 24.3 Å². The van der Waals surface area contributed by atoms with Crippen LogP contribution in [0, 0.1) is 5.92 Å². The van der Waals surface area contributed by atoms with Gasteiger partial charge in [0.15, 0.2) is 0 Å². The number of hydrogen-bond acceptors (Lipinski definition) is 3. The number of rotatable bonds is 7. The van der Waals surface area contributed by atoms with Crippen molar-refractivity contribution in [3.63, 3.8) is 0 Å². The highest BCUT2D eigenvalue weighted by Gasteiger charge is 2.11. The van der Waals surface area contributed by atoms with Gasteiger partial charge in [-0.1, -0.05) is 26.7 Å².